The number of anilines is 1. The van der Waals surface area contributed by atoms with Gasteiger partial charge >= 0.3 is 12.3 Å². The van der Waals surface area contributed by atoms with Crippen LogP contribution in [0.5, 0.6) is 0 Å². The fraction of sp³-hybridized carbons (Fsp3) is 0.600. The van der Waals surface area contributed by atoms with E-state index < -0.39 is 11.7 Å². The van der Waals surface area contributed by atoms with Crippen LogP contribution in [0.3, 0.4) is 0 Å². The fourth-order valence-electron chi connectivity index (χ4n) is 4.72. The number of oxazole rings is 1. The highest BCUT2D eigenvalue weighted by atomic mass is 35.5. The van der Waals surface area contributed by atoms with Gasteiger partial charge in [0.05, 0.1) is 17.4 Å². The number of amides is 1. The zero-order valence-electron chi connectivity index (χ0n) is 20.7. The Morgan fingerprint density at radius 3 is 2.34 bits per heavy atom. The number of aryl methyl sites for hydroxylation is 1. The predicted molar refractivity (Wildman–Crippen MR) is 129 cm³/mol. The topological polar surface area (TPSA) is 58.8 Å². The molecule has 0 spiro atoms. The molecule has 0 radical (unpaired) electrons. The Kier molecular flexibility index (Phi) is 8.62. The first kappa shape index (κ1) is 27.2. The molecule has 2 unspecified atom stereocenters. The summed E-state index contributed by atoms with van der Waals surface area (Å²) in [5.74, 6) is 0. The number of nitrogens with zero attached hydrogens (tertiary/aromatic N) is 3. The number of halogens is 4. The fourth-order valence-corrected chi connectivity index (χ4v) is 4.98. The van der Waals surface area contributed by atoms with Crippen molar-refractivity contribution in [3.8, 4) is 0 Å². The molecule has 6 nitrogen and oxygen atoms in total. The third-order valence-corrected chi connectivity index (χ3v) is 6.51. The minimum atomic E-state index is -4.51. The van der Waals surface area contributed by atoms with Gasteiger partial charge in [-0.1, -0.05) is 25.4 Å². The molecule has 1 saturated heterocycles. The number of piperidine rings is 1. The lowest BCUT2D eigenvalue weighted by molar-refractivity contribution is -0.137. The maximum atomic E-state index is 13.4. The van der Waals surface area contributed by atoms with E-state index in [1.807, 2.05) is 37.5 Å². The van der Waals surface area contributed by atoms with E-state index in [9.17, 15) is 18.0 Å². The van der Waals surface area contributed by atoms with Gasteiger partial charge in [-0.15, -0.1) is 0 Å². The van der Waals surface area contributed by atoms with Crippen LogP contribution in [0.25, 0.3) is 0 Å². The molecule has 194 valence electrons. The number of aromatic nitrogens is 1. The Balaban J connectivity index is 1.95. The monoisotopic (exact) mass is 515 g/mol. The summed E-state index contributed by atoms with van der Waals surface area (Å²) in [7, 11) is 0. The van der Waals surface area contributed by atoms with Crippen molar-refractivity contribution in [2.45, 2.75) is 97.3 Å². The molecule has 3 rings (SSSR count). The van der Waals surface area contributed by atoms with Crippen molar-refractivity contribution in [1.82, 2.24) is 9.88 Å². The van der Waals surface area contributed by atoms with Gasteiger partial charge in [0.25, 0.3) is 6.01 Å². The smallest absolute Gasteiger partial charge is 0.416 e. The van der Waals surface area contributed by atoms with Crippen molar-refractivity contribution < 1.29 is 27.1 Å². The summed E-state index contributed by atoms with van der Waals surface area (Å²) >= 11 is 6.05. The van der Waals surface area contributed by atoms with Gasteiger partial charge in [-0.05, 0) is 70.2 Å². The maximum Gasteiger partial charge on any atom is 0.416 e. The van der Waals surface area contributed by atoms with E-state index in [1.54, 1.807) is 6.92 Å². The zero-order chi connectivity index (χ0) is 25.9. The minimum Gasteiger partial charge on any atom is -0.447 e. The summed E-state index contributed by atoms with van der Waals surface area (Å²) < 4.78 is 51.5. The van der Waals surface area contributed by atoms with Gasteiger partial charge in [0.15, 0.2) is 0 Å². The predicted octanol–water partition coefficient (Wildman–Crippen LogP) is 7.23. The summed E-state index contributed by atoms with van der Waals surface area (Å²) in [6.07, 6.45) is -0.907. The Morgan fingerprint density at radius 2 is 1.86 bits per heavy atom. The van der Waals surface area contributed by atoms with Crippen LogP contribution in [0.15, 0.2) is 28.9 Å². The molecule has 0 aliphatic carbocycles. The summed E-state index contributed by atoms with van der Waals surface area (Å²) in [6.45, 7) is 9.60. The van der Waals surface area contributed by atoms with Crippen LogP contribution in [-0.4, -0.2) is 40.2 Å². The van der Waals surface area contributed by atoms with Crippen molar-refractivity contribution in [2.24, 2.45) is 0 Å². The molecule has 1 amide bonds. The van der Waals surface area contributed by atoms with Crippen molar-refractivity contribution in [3.63, 3.8) is 0 Å². The summed E-state index contributed by atoms with van der Waals surface area (Å²) in [5, 5.41) is 0.0162. The Hall–Kier alpha value is -2.42. The standard InChI is InChI=1S/C25H33ClF3N3O3/c1-6-20-11-22(12-21(7-2)32(20)24(33)35-15(3)4)31(23-30-16(5)14-34-23)13-17-8-18(25(27,28)29)10-19(26)9-17/h8-10,14-15,20-22H,6-7,11-13H2,1-5H3. The molecule has 0 saturated carbocycles. The lowest BCUT2D eigenvalue weighted by Gasteiger charge is -2.47. The van der Waals surface area contributed by atoms with Crippen molar-refractivity contribution in [3.05, 3.63) is 46.3 Å². The van der Waals surface area contributed by atoms with Gasteiger partial charge in [-0.25, -0.2) is 4.79 Å². The zero-order valence-corrected chi connectivity index (χ0v) is 21.5. The van der Waals surface area contributed by atoms with Gasteiger partial charge < -0.3 is 19.0 Å². The van der Waals surface area contributed by atoms with E-state index >= 15 is 0 Å². The van der Waals surface area contributed by atoms with Gasteiger partial charge in [-0.2, -0.15) is 18.2 Å². The van der Waals surface area contributed by atoms with Crippen LogP contribution in [-0.2, 0) is 17.5 Å². The van der Waals surface area contributed by atoms with Crippen LogP contribution >= 0.6 is 11.6 Å². The van der Waals surface area contributed by atoms with Gasteiger partial charge in [0.1, 0.15) is 6.26 Å². The van der Waals surface area contributed by atoms with Crippen molar-refractivity contribution >= 4 is 23.7 Å². The first-order valence-electron chi connectivity index (χ1n) is 12.0. The van der Waals surface area contributed by atoms with Crippen molar-refractivity contribution in [2.75, 3.05) is 4.90 Å². The number of alkyl halides is 3. The van der Waals surface area contributed by atoms with E-state index in [0.29, 0.717) is 43.0 Å². The Bertz CT molecular complexity index is 997. The summed E-state index contributed by atoms with van der Waals surface area (Å²) in [5.41, 5.74) is 0.278. The first-order valence-corrected chi connectivity index (χ1v) is 12.3. The van der Waals surface area contributed by atoms with Crippen LogP contribution in [0.4, 0.5) is 24.0 Å². The lowest BCUT2D eigenvalue weighted by Crippen LogP contribution is -2.57. The average molecular weight is 516 g/mol. The van der Waals surface area contributed by atoms with Gasteiger partial charge in [0, 0.05) is 29.7 Å². The lowest BCUT2D eigenvalue weighted by atomic mass is 9.88. The number of likely N-dealkylation sites (tertiary alicyclic amines) is 1. The largest absolute Gasteiger partial charge is 0.447 e. The Labute approximate surface area is 209 Å². The number of carbonyl (C=O) groups is 1. The molecule has 1 aliphatic heterocycles. The molecule has 1 fully saturated rings. The highest BCUT2D eigenvalue weighted by Crippen LogP contribution is 2.36. The molecule has 0 bridgehead atoms. The molecular weight excluding hydrogens is 483 g/mol. The van der Waals surface area contributed by atoms with Crippen LogP contribution in [0, 0.1) is 6.92 Å². The van der Waals surface area contributed by atoms with E-state index in [1.165, 1.54) is 12.3 Å². The molecule has 0 N–H and O–H groups in total. The molecule has 2 atom stereocenters. The molecular formula is C25H33ClF3N3O3. The van der Waals surface area contributed by atoms with E-state index in [4.69, 9.17) is 20.8 Å². The van der Waals surface area contributed by atoms with Gasteiger partial charge in [-0.3, -0.25) is 0 Å². The van der Waals surface area contributed by atoms with E-state index in [2.05, 4.69) is 4.98 Å². The molecule has 1 aromatic carbocycles. The number of benzene rings is 1. The van der Waals surface area contributed by atoms with E-state index in [-0.39, 0.29) is 41.9 Å². The first-order chi connectivity index (χ1) is 16.4. The molecule has 35 heavy (non-hydrogen) atoms. The molecule has 2 aromatic rings. The van der Waals surface area contributed by atoms with Gasteiger partial charge in [0.2, 0.25) is 0 Å². The SMILES string of the molecule is CCC1CC(N(Cc2cc(Cl)cc(C(F)(F)F)c2)c2nc(C)co2)CC(CC)N1C(=O)OC(C)C. The second kappa shape index (κ2) is 11.1. The number of rotatable bonds is 7. The second-order valence-electron chi connectivity index (χ2n) is 9.33. The molecule has 2 heterocycles. The summed E-state index contributed by atoms with van der Waals surface area (Å²) in [4.78, 5) is 21.1. The summed E-state index contributed by atoms with van der Waals surface area (Å²) in [6, 6.07) is 3.61. The molecule has 1 aliphatic rings. The van der Waals surface area contributed by atoms with E-state index in [0.717, 1.165) is 12.1 Å². The number of hydrogen-bond acceptors (Lipinski definition) is 5. The highest BCUT2D eigenvalue weighted by Gasteiger charge is 2.41. The maximum absolute atomic E-state index is 13.4. The number of carbonyl (C=O) groups excluding carboxylic acids is 1. The average Bonchev–Trinajstić information content (AvgIpc) is 3.20. The molecule has 10 heteroatoms. The highest BCUT2D eigenvalue weighted by molar-refractivity contribution is 6.30. The molecule has 1 aromatic heterocycles. The Morgan fingerprint density at radius 1 is 1.23 bits per heavy atom. The second-order valence-corrected chi connectivity index (χ2v) is 9.77. The normalized spacial score (nSPS) is 20.9. The van der Waals surface area contributed by atoms with Crippen LogP contribution < -0.4 is 4.90 Å². The quantitative estimate of drug-likeness (QED) is 0.389. The van der Waals surface area contributed by atoms with Crippen molar-refractivity contribution in [1.29, 1.82) is 0 Å². The number of ether oxygens (including phenoxy) is 1. The van der Waals surface area contributed by atoms with Crippen LogP contribution in [0.2, 0.25) is 5.02 Å². The minimum absolute atomic E-state index is 0.0162. The number of hydrogen-bond donors (Lipinski definition) is 0. The van der Waals surface area contributed by atoms with Crippen LogP contribution in [0.1, 0.15) is 70.2 Å². The third-order valence-electron chi connectivity index (χ3n) is 6.30. The third kappa shape index (κ3) is 6.63.